The van der Waals surface area contributed by atoms with Crippen LogP contribution in [0.15, 0.2) is 24.3 Å². The molecule has 3 heteroatoms. The zero-order valence-corrected chi connectivity index (χ0v) is 12.1. The molecule has 1 heterocycles. The van der Waals surface area contributed by atoms with Gasteiger partial charge in [-0.1, -0.05) is 18.2 Å². The van der Waals surface area contributed by atoms with Crippen LogP contribution in [0, 0.1) is 5.92 Å². The maximum absolute atomic E-state index is 5.53. The lowest BCUT2D eigenvalue weighted by Crippen LogP contribution is -2.27. The van der Waals surface area contributed by atoms with E-state index < -0.39 is 0 Å². The summed E-state index contributed by atoms with van der Waals surface area (Å²) >= 11 is 2.09. The summed E-state index contributed by atoms with van der Waals surface area (Å²) in [4.78, 5) is 0. The molecule has 0 amide bonds. The van der Waals surface area contributed by atoms with Gasteiger partial charge in [0.05, 0.1) is 7.11 Å². The van der Waals surface area contributed by atoms with Gasteiger partial charge >= 0.3 is 0 Å². The van der Waals surface area contributed by atoms with Crippen LogP contribution in [-0.4, -0.2) is 32.2 Å². The normalized spacial score (nSPS) is 18.6. The zero-order chi connectivity index (χ0) is 12.8. The SMILES string of the molecule is CNCC(c1ccccc1OC)C1CCSCC1. The summed E-state index contributed by atoms with van der Waals surface area (Å²) in [5.41, 5.74) is 1.37. The van der Waals surface area contributed by atoms with Crippen LogP contribution >= 0.6 is 11.8 Å². The summed E-state index contributed by atoms with van der Waals surface area (Å²) in [5, 5.41) is 3.35. The van der Waals surface area contributed by atoms with Crippen molar-refractivity contribution in [2.45, 2.75) is 18.8 Å². The minimum Gasteiger partial charge on any atom is -0.496 e. The molecule has 1 saturated heterocycles. The van der Waals surface area contributed by atoms with E-state index in [1.165, 1.54) is 29.9 Å². The number of para-hydroxylation sites is 1. The Balaban J connectivity index is 2.22. The van der Waals surface area contributed by atoms with E-state index in [1.807, 2.05) is 7.05 Å². The minimum absolute atomic E-state index is 0.576. The van der Waals surface area contributed by atoms with Gasteiger partial charge in [0.25, 0.3) is 0 Å². The Morgan fingerprint density at radius 2 is 2.06 bits per heavy atom. The highest BCUT2D eigenvalue weighted by Gasteiger charge is 2.26. The Morgan fingerprint density at radius 1 is 1.33 bits per heavy atom. The lowest BCUT2D eigenvalue weighted by Gasteiger charge is -2.31. The van der Waals surface area contributed by atoms with Crippen LogP contribution in [0.3, 0.4) is 0 Å². The van der Waals surface area contributed by atoms with Gasteiger partial charge in [0.1, 0.15) is 5.75 Å². The number of hydrogen-bond donors (Lipinski definition) is 1. The van der Waals surface area contributed by atoms with Gasteiger partial charge in [-0.3, -0.25) is 0 Å². The van der Waals surface area contributed by atoms with Gasteiger partial charge < -0.3 is 10.1 Å². The van der Waals surface area contributed by atoms with Crippen LogP contribution in [0.5, 0.6) is 5.75 Å². The smallest absolute Gasteiger partial charge is 0.122 e. The summed E-state index contributed by atoms with van der Waals surface area (Å²) in [6, 6.07) is 8.48. The average molecular weight is 265 g/mol. The number of rotatable bonds is 5. The van der Waals surface area contributed by atoms with Gasteiger partial charge in [0.15, 0.2) is 0 Å². The Morgan fingerprint density at radius 3 is 2.72 bits per heavy atom. The van der Waals surface area contributed by atoms with Crippen LogP contribution in [-0.2, 0) is 0 Å². The minimum atomic E-state index is 0.576. The van der Waals surface area contributed by atoms with E-state index in [-0.39, 0.29) is 0 Å². The summed E-state index contributed by atoms with van der Waals surface area (Å²) in [7, 11) is 3.81. The van der Waals surface area contributed by atoms with Crippen molar-refractivity contribution in [1.29, 1.82) is 0 Å². The van der Waals surface area contributed by atoms with E-state index in [4.69, 9.17) is 4.74 Å². The van der Waals surface area contributed by atoms with Crippen LogP contribution in [0.4, 0.5) is 0 Å². The monoisotopic (exact) mass is 265 g/mol. The van der Waals surface area contributed by atoms with Crippen LogP contribution in [0.25, 0.3) is 0 Å². The molecule has 2 rings (SSSR count). The second-order valence-electron chi connectivity index (χ2n) is 4.86. The number of methoxy groups -OCH3 is 1. The molecule has 1 aromatic carbocycles. The molecule has 0 saturated carbocycles. The number of nitrogens with one attached hydrogen (secondary N) is 1. The molecule has 1 aromatic rings. The predicted molar refractivity (Wildman–Crippen MR) is 79.7 cm³/mol. The number of thioether (sulfide) groups is 1. The van der Waals surface area contributed by atoms with Crippen molar-refractivity contribution in [2.75, 3.05) is 32.2 Å². The lowest BCUT2D eigenvalue weighted by molar-refractivity contribution is 0.360. The fourth-order valence-corrected chi connectivity index (χ4v) is 3.98. The third kappa shape index (κ3) is 3.21. The Hall–Kier alpha value is -0.670. The molecule has 0 spiro atoms. The molecule has 1 atom stereocenters. The molecule has 1 aliphatic rings. The third-order valence-electron chi connectivity index (χ3n) is 3.80. The summed E-state index contributed by atoms with van der Waals surface area (Å²) in [6.45, 7) is 1.04. The fourth-order valence-electron chi connectivity index (χ4n) is 2.84. The van der Waals surface area contributed by atoms with Gasteiger partial charge in [-0.05, 0) is 48.9 Å². The second kappa shape index (κ2) is 7.05. The van der Waals surface area contributed by atoms with Crippen molar-refractivity contribution in [3.8, 4) is 5.75 Å². The molecule has 1 N–H and O–H groups in total. The fraction of sp³-hybridized carbons (Fsp3) is 0.600. The number of likely N-dealkylation sites (N-methyl/N-ethyl adjacent to an activating group) is 1. The Kier molecular flexibility index (Phi) is 5.39. The van der Waals surface area contributed by atoms with Gasteiger partial charge in [0.2, 0.25) is 0 Å². The predicted octanol–water partition coefficient (Wildman–Crippen LogP) is 3.14. The van der Waals surface area contributed by atoms with Gasteiger partial charge in [-0.25, -0.2) is 0 Å². The Bertz CT molecular complexity index is 363. The molecular weight excluding hydrogens is 242 g/mol. The molecule has 0 radical (unpaired) electrons. The number of hydrogen-bond acceptors (Lipinski definition) is 3. The van der Waals surface area contributed by atoms with Crippen molar-refractivity contribution in [3.63, 3.8) is 0 Å². The first kappa shape index (κ1) is 13.8. The van der Waals surface area contributed by atoms with E-state index in [0.717, 1.165) is 18.2 Å². The summed E-state index contributed by atoms with van der Waals surface area (Å²) in [6.07, 6.45) is 2.66. The van der Waals surface area contributed by atoms with E-state index in [9.17, 15) is 0 Å². The largest absolute Gasteiger partial charge is 0.496 e. The van der Waals surface area contributed by atoms with Crippen molar-refractivity contribution in [2.24, 2.45) is 5.92 Å². The average Bonchev–Trinajstić information content (AvgIpc) is 2.46. The third-order valence-corrected chi connectivity index (χ3v) is 4.85. The van der Waals surface area contributed by atoms with Gasteiger partial charge in [0, 0.05) is 12.5 Å². The molecular formula is C15H23NOS. The highest BCUT2D eigenvalue weighted by atomic mass is 32.2. The number of benzene rings is 1. The molecule has 18 heavy (non-hydrogen) atoms. The molecule has 0 bridgehead atoms. The van der Waals surface area contributed by atoms with E-state index in [2.05, 4.69) is 41.3 Å². The maximum atomic E-state index is 5.53. The molecule has 1 unspecified atom stereocenters. The zero-order valence-electron chi connectivity index (χ0n) is 11.3. The van der Waals surface area contributed by atoms with Crippen molar-refractivity contribution in [1.82, 2.24) is 5.32 Å². The Labute approximate surface area is 114 Å². The highest BCUT2D eigenvalue weighted by molar-refractivity contribution is 7.99. The topological polar surface area (TPSA) is 21.3 Å². The number of ether oxygens (including phenoxy) is 1. The molecule has 2 nitrogen and oxygen atoms in total. The van der Waals surface area contributed by atoms with Crippen molar-refractivity contribution >= 4 is 11.8 Å². The van der Waals surface area contributed by atoms with E-state index >= 15 is 0 Å². The maximum Gasteiger partial charge on any atom is 0.122 e. The first-order valence-electron chi connectivity index (χ1n) is 6.72. The molecule has 0 aliphatic carbocycles. The molecule has 0 aromatic heterocycles. The first-order chi connectivity index (χ1) is 8.86. The van der Waals surface area contributed by atoms with Gasteiger partial charge in [-0.2, -0.15) is 11.8 Å². The molecule has 100 valence electrons. The van der Waals surface area contributed by atoms with Gasteiger partial charge in [-0.15, -0.1) is 0 Å². The molecule has 1 aliphatic heterocycles. The quantitative estimate of drug-likeness (QED) is 0.884. The summed E-state index contributed by atoms with van der Waals surface area (Å²) in [5.74, 6) is 5.01. The standard InChI is InChI=1S/C15H23NOS/c1-16-11-14(12-7-9-18-10-8-12)13-5-3-4-6-15(13)17-2/h3-6,12,14,16H,7-11H2,1-2H3. The van der Waals surface area contributed by atoms with Crippen molar-refractivity contribution < 1.29 is 4.74 Å². The van der Waals surface area contributed by atoms with Crippen molar-refractivity contribution in [3.05, 3.63) is 29.8 Å². The summed E-state index contributed by atoms with van der Waals surface area (Å²) < 4.78 is 5.53. The lowest BCUT2D eigenvalue weighted by atomic mass is 9.82. The first-order valence-corrected chi connectivity index (χ1v) is 7.87. The highest BCUT2D eigenvalue weighted by Crippen LogP contribution is 2.38. The second-order valence-corrected chi connectivity index (χ2v) is 6.08. The van der Waals surface area contributed by atoms with Crippen LogP contribution < -0.4 is 10.1 Å². The van der Waals surface area contributed by atoms with Crippen LogP contribution in [0.2, 0.25) is 0 Å². The van der Waals surface area contributed by atoms with E-state index in [0.29, 0.717) is 5.92 Å². The molecule has 1 fully saturated rings. The van der Waals surface area contributed by atoms with Crippen LogP contribution in [0.1, 0.15) is 24.3 Å². The van der Waals surface area contributed by atoms with E-state index in [1.54, 1.807) is 7.11 Å².